The van der Waals surface area contributed by atoms with Crippen LogP contribution in [0.5, 0.6) is 0 Å². The number of aromatic nitrogens is 2. The Morgan fingerprint density at radius 3 is 2.55 bits per heavy atom. The van der Waals surface area contributed by atoms with Gasteiger partial charge in [-0.3, -0.25) is 9.59 Å². The standard InChI is InChI=1S/C15H23N5O2/c1-2-8-19-14(22)15(6-4-3-5-7-15)20-13(21)11-12(16)18-10-9-17-11/h9-10H,2-8H2,1H3,(H2,16,18)(H,19,22)(H,20,21). The summed E-state index contributed by atoms with van der Waals surface area (Å²) >= 11 is 0. The van der Waals surface area contributed by atoms with Gasteiger partial charge in [-0.05, 0) is 19.3 Å². The zero-order valence-corrected chi connectivity index (χ0v) is 12.9. The maximum absolute atomic E-state index is 12.5. The fourth-order valence-corrected chi connectivity index (χ4v) is 2.77. The van der Waals surface area contributed by atoms with Gasteiger partial charge in [-0.25, -0.2) is 9.97 Å². The van der Waals surface area contributed by atoms with E-state index in [-0.39, 0.29) is 17.4 Å². The lowest BCUT2D eigenvalue weighted by atomic mass is 9.80. The van der Waals surface area contributed by atoms with Crippen molar-refractivity contribution in [3.63, 3.8) is 0 Å². The molecule has 22 heavy (non-hydrogen) atoms. The first-order chi connectivity index (χ1) is 10.6. The Kier molecular flexibility index (Phi) is 5.30. The van der Waals surface area contributed by atoms with Crippen molar-refractivity contribution in [1.29, 1.82) is 0 Å². The van der Waals surface area contributed by atoms with E-state index in [0.29, 0.717) is 19.4 Å². The van der Waals surface area contributed by atoms with Crippen LogP contribution in [0.4, 0.5) is 5.82 Å². The lowest BCUT2D eigenvalue weighted by Crippen LogP contribution is -2.60. The molecule has 1 fully saturated rings. The molecular formula is C15H23N5O2. The van der Waals surface area contributed by atoms with Crippen LogP contribution in [0, 0.1) is 0 Å². The molecule has 7 heteroatoms. The maximum atomic E-state index is 12.5. The molecule has 1 aromatic heterocycles. The maximum Gasteiger partial charge on any atom is 0.274 e. The third-order valence-corrected chi connectivity index (χ3v) is 3.97. The summed E-state index contributed by atoms with van der Waals surface area (Å²) in [5.74, 6) is -0.496. The number of anilines is 1. The van der Waals surface area contributed by atoms with Gasteiger partial charge in [0.25, 0.3) is 5.91 Å². The Morgan fingerprint density at radius 2 is 1.91 bits per heavy atom. The van der Waals surface area contributed by atoms with Crippen molar-refractivity contribution in [1.82, 2.24) is 20.6 Å². The molecule has 1 aromatic rings. The highest BCUT2D eigenvalue weighted by Gasteiger charge is 2.41. The Hall–Kier alpha value is -2.18. The SMILES string of the molecule is CCCNC(=O)C1(NC(=O)c2nccnc2N)CCCCC1. The minimum Gasteiger partial charge on any atom is -0.382 e. The van der Waals surface area contributed by atoms with Gasteiger partial charge in [-0.2, -0.15) is 0 Å². The van der Waals surface area contributed by atoms with Gasteiger partial charge < -0.3 is 16.4 Å². The van der Waals surface area contributed by atoms with Gasteiger partial charge in [-0.15, -0.1) is 0 Å². The van der Waals surface area contributed by atoms with E-state index in [2.05, 4.69) is 20.6 Å². The van der Waals surface area contributed by atoms with Crippen molar-refractivity contribution in [3.05, 3.63) is 18.1 Å². The summed E-state index contributed by atoms with van der Waals surface area (Å²) in [5, 5.41) is 5.76. The van der Waals surface area contributed by atoms with Gasteiger partial charge in [0.1, 0.15) is 5.54 Å². The first-order valence-corrected chi connectivity index (χ1v) is 7.76. The first kappa shape index (κ1) is 16.2. The highest BCUT2D eigenvalue weighted by atomic mass is 16.2. The van der Waals surface area contributed by atoms with Gasteiger partial charge in [0.15, 0.2) is 11.5 Å². The summed E-state index contributed by atoms with van der Waals surface area (Å²) in [4.78, 5) is 32.8. The molecule has 7 nitrogen and oxygen atoms in total. The van der Waals surface area contributed by atoms with Gasteiger partial charge in [0, 0.05) is 18.9 Å². The minimum atomic E-state index is -0.867. The fourth-order valence-electron chi connectivity index (χ4n) is 2.77. The molecular weight excluding hydrogens is 282 g/mol. The summed E-state index contributed by atoms with van der Waals surface area (Å²) in [5.41, 5.74) is 4.89. The first-order valence-electron chi connectivity index (χ1n) is 7.76. The van der Waals surface area contributed by atoms with Crippen molar-refractivity contribution in [2.24, 2.45) is 0 Å². The van der Waals surface area contributed by atoms with Crippen LogP contribution in [-0.2, 0) is 4.79 Å². The van der Waals surface area contributed by atoms with E-state index in [4.69, 9.17) is 5.73 Å². The molecule has 1 aliphatic rings. The Labute approximate surface area is 130 Å². The molecule has 0 unspecified atom stereocenters. The van der Waals surface area contributed by atoms with Crippen LogP contribution >= 0.6 is 0 Å². The molecule has 2 rings (SSSR count). The van der Waals surface area contributed by atoms with Crippen LogP contribution in [0.25, 0.3) is 0 Å². The third-order valence-electron chi connectivity index (χ3n) is 3.97. The number of amides is 2. The summed E-state index contributed by atoms with van der Waals surface area (Å²) in [6.45, 7) is 2.59. The molecule has 0 aliphatic heterocycles. The molecule has 1 heterocycles. The summed E-state index contributed by atoms with van der Waals surface area (Å²) in [7, 11) is 0. The van der Waals surface area contributed by atoms with Gasteiger partial charge in [0.2, 0.25) is 5.91 Å². The van der Waals surface area contributed by atoms with Crippen LogP contribution < -0.4 is 16.4 Å². The predicted octanol–water partition coefficient (Wildman–Crippen LogP) is 1.02. The predicted molar refractivity (Wildman–Crippen MR) is 83.0 cm³/mol. The summed E-state index contributed by atoms with van der Waals surface area (Å²) in [6.07, 6.45) is 7.86. The summed E-state index contributed by atoms with van der Waals surface area (Å²) in [6, 6.07) is 0. The lowest BCUT2D eigenvalue weighted by molar-refractivity contribution is -0.128. The van der Waals surface area contributed by atoms with E-state index < -0.39 is 11.4 Å². The van der Waals surface area contributed by atoms with Crippen LogP contribution in [0.1, 0.15) is 55.9 Å². The molecule has 0 spiro atoms. The highest BCUT2D eigenvalue weighted by Crippen LogP contribution is 2.29. The Balaban J connectivity index is 2.18. The highest BCUT2D eigenvalue weighted by molar-refractivity contribution is 6.00. The molecule has 0 atom stereocenters. The second-order valence-corrected chi connectivity index (χ2v) is 5.64. The molecule has 120 valence electrons. The van der Waals surface area contributed by atoms with Gasteiger partial charge in [-0.1, -0.05) is 26.2 Å². The Bertz CT molecular complexity index is 540. The number of carbonyl (C=O) groups is 2. The molecule has 0 bridgehead atoms. The third kappa shape index (κ3) is 3.52. The molecule has 0 radical (unpaired) electrons. The molecule has 1 saturated carbocycles. The monoisotopic (exact) mass is 305 g/mol. The van der Waals surface area contributed by atoms with Crippen molar-refractivity contribution in [3.8, 4) is 0 Å². The van der Waals surface area contributed by atoms with Crippen LogP contribution in [0.3, 0.4) is 0 Å². The van der Waals surface area contributed by atoms with Crippen LogP contribution in [-0.4, -0.2) is 33.9 Å². The average molecular weight is 305 g/mol. The molecule has 4 N–H and O–H groups in total. The summed E-state index contributed by atoms with van der Waals surface area (Å²) < 4.78 is 0. The molecule has 0 saturated heterocycles. The lowest BCUT2D eigenvalue weighted by Gasteiger charge is -2.36. The minimum absolute atomic E-state index is 0.0655. The van der Waals surface area contributed by atoms with E-state index in [1.54, 1.807) is 0 Å². The van der Waals surface area contributed by atoms with E-state index in [0.717, 1.165) is 25.7 Å². The number of hydrogen-bond acceptors (Lipinski definition) is 5. The zero-order valence-electron chi connectivity index (χ0n) is 12.9. The van der Waals surface area contributed by atoms with Crippen LogP contribution in [0.15, 0.2) is 12.4 Å². The molecule has 2 amide bonds. The van der Waals surface area contributed by atoms with Crippen molar-refractivity contribution in [2.75, 3.05) is 12.3 Å². The topological polar surface area (TPSA) is 110 Å². The second kappa shape index (κ2) is 7.20. The largest absolute Gasteiger partial charge is 0.382 e. The molecule has 0 aromatic carbocycles. The number of carbonyl (C=O) groups excluding carboxylic acids is 2. The quantitative estimate of drug-likeness (QED) is 0.752. The van der Waals surface area contributed by atoms with Crippen molar-refractivity contribution >= 4 is 17.6 Å². The average Bonchev–Trinajstić information content (AvgIpc) is 2.53. The van der Waals surface area contributed by atoms with E-state index >= 15 is 0 Å². The number of nitrogen functional groups attached to an aromatic ring is 1. The number of nitrogens with zero attached hydrogens (tertiary/aromatic N) is 2. The number of rotatable bonds is 5. The van der Waals surface area contributed by atoms with Crippen molar-refractivity contribution in [2.45, 2.75) is 51.0 Å². The smallest absolute Gasteiger partial charge is 0.274 e. The fraction of sp³-hybridized carbons (Fsp3) is 0.600. The number of hydrogen-bond donors (Lipinski definition) is 3. The van der Waals surface area contributed by atoms with Gasteiger partial charge in [0.05, 0.1) is 0 Å². The van der Waals surface area contributed by atoms with E-state index in [9.17, 15) is 9.59 Å². The van der Waals surface area contributed by atoms with E-state index in [1.807, 2.05) is 6.92 Å². The Morgan fingerprint density at radius 1 is 1.23 bits per heavy atom. The van der Waals surface area contributed by atoms with Gasteiger partial charge >= 0.3 is 0 Å². The zero-order chi connectivity index (χ0) is 16.0. The second-order valence-electron chi connectivity index (χ2n) is 5.64. The number of nitrogens with two attached hydrogens (primary N) is 1. The molecule has 1 aliphatic carbocycles. The number of nitrogens with one attached hydrogen (secondary N) is 2. The van der Waals surface area contributed by atoms with Crippen molar-refractivity contribution < 1.29 is 9.59 Å². The van der Waals surface area contributed by atoms with Crippen LogP contribution in [0.2, 0.25) is 0 Å². The van der Waals surface area contributed by atoms with E-state index in [1.165, 1.54) is 12.4 Å². The normalized spacial score (nSPS) is 16.8.